The lowest BCUT2D eigenvalue weighted by atomic mass is 9.99. The fraction of sp³-hybridized carbons (Fsp3) is 0.357. The standard InChI is InChI=1S/C14H15F4N3/c1-19-11(8-12-20-6-7-21(12)2)9-4-3-5-10(13(9)15)14(16,17)18/h3-7,11,19H,8H2,1-2H3. The van der Waals surface area contributed by atoms with Crippen molar-refractivity contribution in [2.45, 2.75) is 18.6 Å². The van der Waals surface area contributed by atoms with Gasteiger partial charge in [0.1, 0.15) is 11.6 Å². The zero-order chi connectivity index (χ0) is 15.6. The van der Waals surface area contributed by atoms with Crippen LogP contribution in [0.15, 0.2) is 30.6 Å². The first-order valence-electron chi connectivity index (χ1n) is 6.33. The van der Waals surface area contributed by atoms with E-state index < -0.39 is 23.6 Å². The van der Waals surface area contributed by atoms with Gasteiger partial charge in [0.15, 0.2) is 0 Å². The smallest absolute Gasteiger partial charge is 0.338 e. The third-order valence-electron chi connectivity index (χ3n) is 3.37. The van der Waals surface area contributed by atoms with Crippen LogP contribution in [-0.4, -0.2) is 16.6 Å². The summed E-state index contributed by atoms with van der Waals surface area (Å²) in [5, 5.41) is 2.84. The molecule has 0 fully saturated rings. The highest BCUT2D eigenvalue weighted by Gasteiger charge is 2.35. The number of rotatable bonds is 4. The van der Waals surface area contributed by atoms with Gasteiger partial charge in [0, 0.05) is 37.5 Å². The highest BCUT2D eigenvalue weighted by molar-refractivity contribution is 5.31. The van der Waals surface area contributed by atoms with Gasteiger partial charge in [0.05, 0.1) is 5.56 Å². The van der Waals surface area contributed by atoms with Gasteiger partial charge in [0.25, 0.3) is 0 Å². The normalized spacial score (nSPS) is 13.4. The van der Waals surface area contributed by atoms with Crippen molar-refractivity contribution in [3.8, 4) is 0 Å². The Morgan fingerprint density at radius 3 is 2.57 bits per heavy atom. The van der Waals surface area contributed by atoms with Crippen LogP contribution in [0, 0.1) is 5.82 Å². The van der Waals surface area contributed by atoms with Crippen molar-refractivity contribution < 1.29 is 17.6 Å². The largest absolute Gasteiger partial charge is 0.419 e. The Kier molecular flexibility index (Phi) is 4.32. The fourth-order valence-electron chi connectivity index (χ4n) is 2.18. The van der Waals surface area contributed by atoms with Crippen LogP contribution >= 0.6 is 0 Å². The highest BCUT2D eigenvalue weighted by atomic mass is 19.4. The van der Waals surface area contributed by atoms with Crippen molar-refractivity contribution >= 4 is 0 Å². The van der Waals surface area contributed by atoms with Crippen LogP contribution < -0.4 is 5.32 Å². The number of nitrogens with zero attached hydrogens (tertiary/aromatic N) is 2. The van der Waals surface area contributed by atoms with Gasteiger partial charge in [-0.3, -0.25) is 0 Å². The van der Waals surface area contributed by atoms with Crippen LogP contribution in [0.1, 0.15) is 23.0 Å². The van der Waals surface area contributed by atoms with Crippen molar-refractivity contribution in [3.05, 3.63) is 53.4 Å². The summed E-state index contributed by atoms with van der Waals surface area (Å²) < 4.78 is 54.2. The Bertz CT molecular complexity index is 619. The van der Waals surface area contributed by atoms with E-state index in [4.69, 9.17) is 0 Å². The molecule has 0 radical (unpaired) electrons. The van der Waals surface area contributed by atoms with Gasteiger partial charge >= 0.3 is 6.18 Å². The highest BCUT2D eigenvalue weighted by Crippen LogP contribution is 2.34. The van der Waals surface area contributed by atoms with Crippen molar-refractivity contribution in [2.75, 3.05) is 7.05 Å². The monoisotopic (exact) mass is 301 g/mol. The van der Waals surface area contributed by atoms with Gasteiger partial charge in [-0.15, -0.1) is 0 Å². The lowest BCUT2D eigenvalue weighted by Gasteiger charge is -2.19. The molecular formula is C14H15F4N3. The molecule has 0 saturated carbocycles. The maximum absolute atomic E-state index is 14.1. The maximum atomic E-state index is 14.1. The number of halogens is 4. The summed E-state index contributed by atoms with van der Waals surface area (Å²) in [5.74, 6) is -0.579. The Morgan fingerprint density at radius 2 is 2.05 bits per heavy atom. The minimum absolute atomic E-state index is 0.0182. The number of alkyl halides is 3. The molecule has 0 spiro atoms. The first-order chi connectivity index (χ1) is 9.84. The summed E-state index contributed by atoms with van der Waals surface area (Å²) in [6, 6.07) is 2.72. The van der Waals surface area contributed by atoms with Crippen LogP contribution in [0.25, 0.3) is 0 Å². The molecule has 1 heterocycles. The Labute approximate surface area is 119 Å². The van der Waals surface area contributed by atoms with Crippen LogP contribution in [-0.2, 0) is 19.6 Å². The molecule has 114 valence electrons. The van der Waals surface area contributed by atoms with Gasteiger partial charge in [-0.2, -0.15) is 13.2 Å². The summed E-state index contributed by atoms with van der Waals surface area (Å²) in [5.41, 5.74) is -1.27. The molecule has 1 unspecified atom stereocenters. The van der Waals surface area contributed by atoms with E-state index >= 15 is 0 Å². The number of aryl methyl sites for hydroxylation is 1. The second kappa shape index (κ2) is 5.85. The molecule has 3 nitrogen and oxygen atoms in total. The van der Waals surface area contributed by atoms with E-state index in [2.05, 4.69) is 10.3 Å². The maximum Gasteiger partial charge on any atom is 0.419 e. The predicted octanol–water partition coefficient (Wildman–Crippen LogP) is 3.08. The van der Waals surface area contributed by atoms with E-state index in [9.17, 15) is 17.6 Å². The van der Waals surface area contributed by atoms with E-state index in [0.29, 0.717) is 5.82 Å². The van der Waals surface area contributed by atoms with Crippen molar-refractivity contribution in [3.63, 3.8) is 0 Å². The van der Waals surface area contributed by atoms with E-state index in [0.717, 1.165) is 6.07 Å². The van der Waals surface area contributed by atoms with Gasteiger partial charge in [0.2, 0.25) is 0 Å². The Balaban J connectivity index is 2.37. The lowest BCUT2D eigenvalue weighted by molar-refractivity contribution is -0.140. The summed E-state index contributed by atoms with van der Waals surface area (Å²) >= 11 is 0. The molecule has 0 aliphatic heterocycles. The molecule has 2 aromatic rings. The molecule has 21 heavy (non-hydrogen) atoms. The summed E-state index contributed by atoms with van der Waals surface area (Å²) in [6.45, 7) is 0. The molecule has 1 aromatic carbocycles. The molecule has 7 heteroatoms. The van der Waals surface area contributed by atoms with Gasteiger partial charge < -0.3 is 9.88 Å². The van der Waals surface area contributed by atoms with E-state index in [1.54, 1.807) is 31.1 Å². The zero-order valence-electron chi connectivity index (χ0n) is 11.6. The molecule has 0 aliphatic rings. The summed E-state index contributed by atoms with van der Waals surface area (Å²) in [6.07, 6.45) is -1.10. The molecule has 0 aliphatic carbocycles. The molecule has 0 bridgehead atoms. The number of hydrogen-bond acceptors (Lipinski definition) is 2. The number of likely N-dealkylation sites (N-methyl/N-ethyl adjacent to an activating group) is 1. The molecule has 2 rings (SSSR count). The predicted molar refractivity (Wildman–Crippen MR) is 70.1 cm³/mol. The number of nitrogens with one attached hydrogen (secondary N) is 1. The fourth-order valence-corrected chi connectivity index (χ4v) is 2.18. The number of benzene rings is 1. The van der Waals surface area contributed by atoms with Crippen LogP contribution in [0.3, 0.4) is 0 Å². The minimum atomic E-state index is -4.71. The lowest BCUT2D eigenvalue weighted by Crippen LogP contribution is -2.23. The van der Waals surface area contributed by atoms with Gasteiger partial charge in [-0.1, -0.05) is 12.1 Å². The number of hydrogen-bond donors (Lipinski definition) is 1. The summed E-state index contributed by atoms with van der Waals surface area (Å²) in [7, 11) is 3.35. The molecule has 1 N–H and O–H groups in total. The van der Waals surface area contributed by atoms with Crippen LogP contribution in [0.5, 0.6) is 0 Å². The van der Waals surface area contributed by atoms with Crippen LogP contribution in [0.2, 0.25) is 0 Å². The second-order valence-electron chi connectivity index (χ2n) is 4.71. The Hall–Kier alpha value is -1.89. The first-order valence-corrected chi connectivity index (χ1v) is 6.33. The molecule has 1 aromatic heterocycles. The van der Waals surface area contributed by atoms with Crippen molar-refractivity contribution in [1.29, 1.82) is 0 Å². The quantitative estimate of drug-likeness (QED) is 0.880. The topological polar surface area (TPSA) is 29.9 Å². The number of aromatic nitrogens is 2. The molecule has 1 atom stereocenters. The molecule has 0 amide bonds. The second-order valence-corrected chi connectivity index (χ2v) is 4.71. The average molecular weight is 301 g/mol. The zero-order valence-corrected chi connectivity index (χ0v) is 11.6. The Morgan fingerprint density at radius 1 is 1.33 bits per heavy atom. The third kappa shape index (κ3) is 3.24. The van der Waals surface area contributed by atoms with Gasteiger partial charge in [-0.05, 0) is 13.1 Å². The van der Waals surface area contributed by atoms with Gasteiger partial charge in [-0.25, -0.2) is 9.37 Å². The molecule has 0 saturated heterocycles. The first kappa shape index (κ1) is 15.5. The van der Waals surface area contributed by atoms with E-state index in [1.165, 1.54) is 12.1 Å². The third-order valence-corrected chi connectivity index (χ3v) is 3.37. The average Bonchev–Trinajstić information content (AvgIpc) is 2.81. The minimum Gasteiger partial charge on any atom is -0.338 e. The van der Waals surface area contributed by atoms with E-state index in [1.807, 2.05) is 0 Å². The van der Waals surface area contributed by atoms with E-state index in [-0.39, 0.29) is 12.0 Å². The van der Waals surface area contributed by atoms with Crippen molar-refractivity contribution in [1.82, 2.24) is 14.9 Å². The van der Waals surface area contributed by atoms with Crippen molar-refractivity contribution in [2.24, 2.45) is 7.05 Å². The number of imidazole rings is 1. The van der Waals surface area contributed by atoms with Crippen LogP contribution in [0.4, 0.5) is 17.6 Å². The SMILES string of the molecule is CNC(Cc1nccn1C)c1cccc(C(F)(F)F)c1F. The summed E-state index contributed by atoms with van der Waals surface area (Å²) in [4.78, 5) is 4.11. The molecular weight excluding hydrogens is 286 g/mol.